The van der Waals surface area contributed by atoms with Gasteiger partial charge in [0, 0.05) is 5.56 Å². The van der Waals surface area contributed by atoms with Crippen LogP contribution in [-0.4, -0.2) is 18.8 Å². The summed E-state index contributed by atoms with van der Waals surface area (Å²) < 4.78 is 42.0. The summed E-state index contributed by atoms with van der Waals surface area (Å²) in [6.07, 6.45) is -4.42. The molecule has 17 heavy (non-hydrogen) atoms. The molecule has 3 nitrogen and oxygen atoms in total. The topological polar surface area (TPSA) is 55.5 Å². The number of halogens is 4. The smallest absolute Gasteiger partial charge is 0.416 e. The fraction of sp³-hybridized carbons (Fsp3) is 0.400. The third-order valence-electron chi connectivity index (χ3n) is 2.16. The van der Waals surface area contributed by atoms with Gasteiger partial charge in [-0.2, -0.15) is 13.2 Å². The zero-order valence-corrected chi connectivity index (χ0v) is 9.81. The Balaban J connectivity index is 0.00000256. The molecule has 0 fully saturated rings. The maximum atomic E-state index is 12.4. The van der Waals surface area contributed by atoms with Crippen molar-refractivity contribution in [2.75, 3.05) is 13.7 Å². The van der Waals surface area contributed by atoms with E-state index in [9.17, 15) is 13.2 Å². The molecule has 1 aromatic rings. The number of nitrogens with two attached hydrogens (primary N) is 1. The van der Waals surface area contributed by atoms with E-state index in [1.54, 1.807) is 0 Å². The number of ether oxygens (including phenoxy) is 1. The van der Waals surface area contributed by atoms with Crippen LogP contribution in [0.2, 0.25) is 0 Å². The van der Waals surface area contributed by atoms with Gasteiger partial charge in [-0.05, 0) is 12.1 Å². The Morgan fingerprint density at radius 1 is 1.41 bits per heavy atom. The van der Waals surface area contributed by atoms with E-state index in [1.165, 1.54) is 13.2 Å². The van der Waals surface area contributed by atoms with Crippen LogP contribution in [0, 0.1) is 0 Å². The van der Waals surface area contributed by atoms with Gasteiger partial charge in [-0.15, -0.1) is 12.4 Å². The predicted molar refractivity (Wildman–Crippen MR) is 59.3 cm³/mol. The van der Waals surface area contributed by atoms with Gasteiger partial charge in [0.05, 0.1) is 25.3 Å². The average molecular weight is 272 g/mol. The summed E-state index contributed by atoms with van der Waals surface area (Å²) in [5, 5.41) is 8.83. The van der Waals surface area contributed by atoms with Crippen molar-refractivity contribution >= 4 is 12.4 Å². The lowest BCUT2D eigenvalue weighted by molar-refractivity contribution is -0.137. The summed E-state index contributed by atoms with van der Waals surface area (Å²) in [6, 6.07) is 2.23. The van der Waals surface area contributed by atoms with Crippen LogP contribution in [0.15, 0.2) is 18.2 Å². The van der Waals surface area contributed by atoms with Gasteiger partial charge < -0.3 is 15.6 Å². The van der Waals surface area contributed by atoms with E-state index >= 15 is 0 Å². The van der Waals surface area contributed by atoms with Crippen LogP contribution in [0.25, 0.3) is 0 Å². The van der Waals surface area contributed by atoms with E-state index in [0.717, 1.165) is 12.1 Å². The highest BCUT2D eigenvalue weighted by atomic mass is 35.5. The molecule has 0 radical (unpaired) electrons. The van der Waals surface area contributed by atoms with Crippen molar-refractivity contribution in [3.8, 4) is 5.75 Å². The molecule has 0 saturated carbocycles. The lowest BCUT2D eigenvalue weighted by Gasteiger charge is -2.15. The fourth-order valence-electron chi connectivity index (χ4n) is 1.29. The number of hydrogen-bond donors (Lipinski definition) is 2. The molecule has 98 valence electrons. The molecule has 1 rings (SSSR count). The summed E-state index contributed by atoms with van der Waals surface area (Å²) in [7, 11) is 1.25. The molecule has 0 aromatic heterocycles. The quantitative estimate of drug-likeness (QED) is 0.885. The van der Waals surface area contributed by atoms with Gasteiger partial charge >= 0.3 is 6.18 Å². The van der Waals surface area contributed by atoms with Crippen molar-refractivity contribution < 1.29 is 23.0 Å². The molecule has 0 bridgehead atoms. The predicted octanol–water partition coefficient (Wildman–Crippen LogP) is 2.13. The molecule has 1 aromatic carbocycles. The Bertz CT molecular complexity index is 371. The summed E-state index contributed by atoms with van der Waals surface area (Å²) >= 11 is 0. The standard InChI is InChI=1S/C10H12F3NO2.ClH/c1-16-9-4-6(10(11,12)13)2-3-7(9)8(14)5-15;/h2-4,8,15H,5,14H2,1H3;1H/t8-;/m1./s1. The van der Waals surface area contributed by atoms with Crippen LogP contribution in [0.1, 0.15) is 17.2 Å². The molecule has 0 heterocycles. The van der Waals surface area contributed by atoms with Gasteiger partial charge in [0.25, 0.3) is 0 Å². The first-order valence-electron chi connectivity index (χ1n) is 4.51. The number of alkyl halides is 3. The molecule has 0 saturated heterocycles. The highest BCUT2D eigenvalue weighted by Gasteiger charge is 2.31. The van der Waals surface area contributed by atoms with Crippen LogP contribution < -0.4 is 10.5 Å². The van der Waals surface area contributed by atoms with Crippen molar-refractivity contribution in [1.29, 1.82) is 0 Å². The molecule has 0 aliphatic carbocycles. The summed E-state index contributed by atoms with van der Waals surface area (Å²) in [5.74, 6) is 0.0244. The summed E-state index contributed by atoms with van der Waals surface area (Å²) in [4.78, 5) is 0. The van der Waals surface area contributed by atoms with E-state index in [-0.39, 0.29) is 24.8 Å². The first-order valence-corrected chi connectivity index (χ1v) is 4.51. The second-order valence-electron chi connectivity index (χ2n) is 3.24. The van der Waals surface area contributed by atoms with Gasteiger partial charge in [0.2, 0.25) is 0 Å². The second kappa shape index (κ2) is 6.09. The molecule has 0 aliphatic rings. The number of hydrogen-bond acceptors (Lipinski definition) is 3. The Morgan fingerprint density at radius 3 is 2.41 bits per heavy atom. The van der Waals surface area contributed by atoms with Gasteiger partial charge in [-0.3, -0.25) is 0 Å². The Kier molecular flexibility index (Phi) is 5.74. The minimum atomic E-state index is -4.42. The molecule has 0 amide bonds. The van der Waals surface area contributed by atoms with E-state index in [0.29, 0.717) is 5.56 Å². The second-order valence-corrected chi connectivity index (χ2v) is 3.24. The zero-order valence-electron chi connectivity index (χ0n) is 8.99. The van der Waals surface area contributed by atoms with Crippen molar-refractivity contribution in [3.63, 3.8) is 0 Å². The Labute approximate surface area is 103 Å². The molecule has 0 spiro atoms. The fourth-order valence-corrected chi connectivity index (χ4v) is 1.29. The summed E-state index contributed by atoms with van der Waals surface area (Å²) in [5.41, 5.74) is 5.06. The van der Waals surface area contributed by atoms with Crippen molar-refractivity contribution in [2.24, 2.45) is 5.73 Å². The number of aliphatic hydroxyl groups is 1. The molecular weight excluding hydrogens is 259 g/mol. The monoisotopic (exact) mass is 271 g/mol. The number of benzene rings is 1. The van der Waals surface area contributed by atoms with Crippen molar-refractivity contribution in [1.82, 2.24) is 0 Å². The summed E-state index contributed by atoms with van der Waals surface area (Å²) in [6.45, 7) is -0.359. The highest BCUT2D eigenvalue weighted by Crippen LogP contribution is 2.34. The van der Waals surface area contributed by atoms with Crippen LogP contribution in [0.5, 0.6) is 5.75 Å². The van der Waals surface area contributed by atoms with E-state index in [1.807, 2.05) is 0 Å². The third kappa shape index (κ3) is 3.76. The maximum absolute atomic E-state index is 12.4. The first kappa shape index (κ1) is 16.0. The molecular formula is C10H13ClF3NO2. The normalized spacial score (nSPS) is 12.8. The van der Waals surface area contributed by atoms with Gasteiger partial charge in [-0.1, -0.05) is 6.07 Å². The van der Waals surface area contributed by atoms with Crippen molar-refractivity contribution in [3.05, 3.63) is 29.3 Å². The SMILES string of the molecule is COc1cc(C(F)(F)F)ccc1[C@H](N)CO.Cl. The molecule has 7 heteroatoms. The van der Waals surface area contributed by atoms with E-state index in [2.05, 4.69) is 0 Å². The van der Waals surface area contributed by atoms with Crippen LogP contribution >= 0.6 is 12.4 Å². The van der Waals surface area contributed by atoms with Crippen LogP contribution in [-0.2, 0) is 6.18 Å². The lowest BCUT2D eigenvalue weighted by Crippen LogP contribution is -2.16. The third-order valence-corrected chi connectivity index (χ3v) is 2.16. The van der Waals surface area contributed by atoms with Crippen LogP contribution in [0.4, 0.5) is 13.2 Å². The first-order chi connectivity index (χ1) is 7.40. The van der Waals surface area contributed by atoms with Gasteiger partial charge in [0.1, 0.15) is 5.75 Å². The Morgan fingerprint density at radius 2 is 2.00 bits per heavy atom. The van der Waals surface area contributed by atoms with Gasteiger partial charge in [0.15, 0.2) is 0 Å². The molecule has 0 unspecified atom stereocenters. The number of rotatable bonds is 3. The van der Waals surface area contributed by atoms with Gasteiger partial charge in [-0.25, -0.2) is 0 Å². The maximum Gasteiger partial charge on any atom is 0.416 e. The minimum Gasteiger partial charge on any atom is -0.496 e. The highest BCUT2D eigenvalue weighted by molar-refractivity contribution is 5.85. The Hall–Kier alpha value is -0.980. The zero-order chi connectivity index (χ0) is 12.3. The minimum absolute atomic E-state index is 0. The largest absolute Gasteiger partial charge is 0.496 e. The average Bonchev–Trinajstić information content (AvgIpc) is 2.26. The molecule has 1 atom stereocenters. The van der Waals surface area contributed by atoms with E-state index in [4.69, 9.17) is 15.6 Å². The van der Waals surface area contributed by atoms with E-state index < -0.39 is 17.8 Å². The molecule has 3 N–H and O–H groups in total. The number of methoxy groups -OCH3 is 1. The number of aliphatic hydroxyl groups excluding tert-OH is 1. The van der Waals surface area contributed by atoms with Crippen LogP contribution in [0.3, 0.4) is 0 Å². The molecule has 0 aliphatic heterocycles. The lowest BCUT2D eigenvalue weighted by atomic mass is 10.0. The van der Waals surface area contributed by atoms with Crippen molar-refractivity contribution in [2.45, 2.75) is 12.2 Å².